The Morgan fingerprint density at radius 2 is 1.66 bits per heavy atom. The van der Waals surface area contributed by atoms with E-state index in [1.807, 2.05) is 72.8 Å². The highest BCUT2D eigenvalue weighted by Crippen LogP contribution is 2.22. The third-order valence-electron chi connectivity index (χ3n) is 4.73. The molecule has 0 saturated heterocycles. The van der Waals surface area contributed by atoms with Gasteiger partial charge < -0.3 is 10.1 Å². The molecule has 0 atom stereocenters. The summed E-state index contributed by atoms with van der Waals surface area (Å²) in [4.78, 5) is 16.5. The molecule has 8 nitrogen and oxygen atoms in total. The van der Waals surface area contributed by atoms with Gasteiger partial charge in [0.05, 0.1) is 5.69 Å². The molecule has 0 aliphatic rings. The fourth-order valence-corrected chi connectivity index (χ4v) is 3.18. The van der Waals surface area contributed by atoms with Crippen molar-refractivity contribution < 1.29 is 9.53 Å². The number of rotatable bonds is 6. The smallest absolute Gasteiger partial charge is 0.262 e. The summed E-state index contributed by atoms with van der Waals surface area (Å²) in [6.07, 6.45) is 1.71. The van der Waals surface area contributed by atoms with Gasteiger partial charge in [-0.25, -0.2) is 0 Å². The zero-order chi connectivity index (χ0) is 21.8. The molecule has 5 aromatic rings. The molecule has 0 aliphatic heterocycles. The van der Waals surface area contributed by atoms with E-state index in [-0.39, 0.29) is 12.5 Å². The Bertz CT molecular complexity index is 1350. The number of fused-ring (bicyclic) bond motifs is 1. The van der Waals surface area contributed by atoms with Gasteiger partial charge in [-0.1, -0.05) is 36.4 Å². The van der Waals surface area contributed by atoms with Gasteiger partial charge in [0, 0.05) is 17.4 Å². The van der Waals surface area contributed by atoms with Crippen LogP contribution >= 0.6 is 0 Å². The predicted octanol–water partition coefficient (Wildman–Crippen LogP) is 3.87. The summed E-state index contributed by atoms with van der Waals surface area (Å²) in [5.41, 5.74) is 3.65. The molecule has 1 N–H and O–H groups in total. The van der Waals surface area contributed by atoms with E-state index in [1.54, 1.807) is 22.8 Å². The van der Waals surface area contributed by atoms with Crippen LogP contribution in [-0.2, 0) is 4.79 Å². The summed E-state index contributed by atoms with van der Waals surface area (Å²) in [7, 11) is 0. The Hall–Kier alpha value is -4.59. The molecule has 0 spiro atoms. The average Bonchev–Trinajstić information content (AvgIpc) is 3.28. The number of nitrogens with one attached hydrogen (secondary N) is 1. The van der Waals surface area contributed by atoms with Gasteiger partial charge in [0.25, 0.3) is 5.91 Å². The van der Waals surface area contributed by atoms with Gasteiger partial charge in [-0.05, 0) is 48.5 Å². The Morgan fingerprint density at radius 3 is 2.44 bits per heavy atom. The van der Waals surface area contributed by atoms with Crippen LogP contribution in [0.5, 0.6) is 5.75 Å². The Balaban J connectivity index is 1.31. The van der Waals surface area contributed by atoms with Crippen molar-refractivity contribution in [2.75, 3.05) is 11.9 Å². The molecule has 0 radical (unpaired) electrons. The average molecular weight is 422 g/mol. The molecular weight excluding hydrogens is 404 g/mol. The van der Waals surface area contributed by atoms with Crippen molar-refractivity contribution >= 4 is 17.2 Å². The number of pyridine rings is 1. The normalized spacial score (nSPS) is 10.8. The van der Waals surface area contributed by atoms with Gasteiger partial charge in [0.2, 0.25) is 5.82 Å². The quantitative estimate of drug-likeness (QED) is 0.446. The van der Waals surface area contributed by atoms with Crippen LogP contribution in [0.3, 0.4) is 0 Å². The molecule has 0 unspecified atom stereocenters. The molecule has 8 heteroatoms. The zero-order valence-electron chi connectivity index (χ0n) is 16.9. The number of hydrogen-bond acceptors (Lipinski definition) is 6. The van der Waals surface area contributed by atoms with Crippen molar-refractivity contribution in [1.82, 2.24) is 24.8 Å². The Morgan fingerprint density at radius 1 is 0.844 bits per heavy atom. The maximum atomic E-state index is 12.2. The maximum absolute atomic E-state index is 12.2. The lowest BCUT2D eigenvalue weighted by Crippen LogP contribution is -2.20. The van der Waals surface area contributed by atoms with Gasteiger partial charge in [-0.15, -0.1) is 10.2 Å². The zero-order valence-corrected chi connectivity index (χ0v) is 16.9. The van der Waals surface area contributed by atoms with Crippen molar-refractivity contribution in [3.8, 4) is 28.5 Å². The number of aromatic nitrogens is 5. The third kappa shape index (κ3) is 4.15. The molecule has 0 saturated carbocycles. The molecule has 1 amide bonds. The monoisotopic (exact) mass is 422 g/mol. The highest BCUT2D eigenvalue weighted by Gasteiger charge is 2.12. The fraction of sp³-hybridized carbons (Fsp3) is 0.0417. The second-order valence-electron chi connectivity index (χ2n) is 6.95. The van der Waals surface area contributed by atoms with Gasteiger partial charge in [0.15, 0.2) is 12.3 Å². The SMILES string of the molecule is O=C(COc1ccccc1)Nc1ccc(-c2ccc3nnc(-c4ccccn4)n3n2)cc1. The summed E-state index contributed by atoms with van der Waals surface area (Å²) >= 11 is 0. The third-order valence-corrected chi connectivity index (χ3v) is 4.73. The van der Waals surface area contributed by atoms with Gasteiger partial charge in [-0.3, -0.25) is 9.78 Å². The minimum Gasteiger partial charge on any atom is -0.484 e. The lowest BCUT2D eigenvalue weighted by molar-refractivity contribution is -0.118. The van der Waals surface area contributed by atoms with E-state index in [9.17, 15) is 4.79 Å². The number of hydrogen-bond donors (Lipinski definition) is 1. The number of ether oxygens (including phenoxy) is 1. The fourth-order valence-electron chi connectivity index (χ4n) is 3.18. The lowest BCUT2D eigenvalue weighted by atomic mass is 10.1. The highest BCUT2D eigenvalue weighted by molar-refractivity contribution is 5.92. The molecule has 0 fully saturated rings. The first-order valence-corrected chi connectivity index (χ1v) is 9.98. The number of carbonyl (C=O) groups excluding carboxylic acids is 1. The molecule has 5 rings (SSSR count). The largest absolute Gasteiger partial charge is 0.484 e. The standard InChI is InChI=1S/C24H18N6O2/c31-23(16-32-19-6-2-1-3-7-19)26-18-11-9-17(10-12-18)20-13-14-22-27-28-24(30(22)29-20)21-8-4-5-15-25-21/h1-15H,16H2,(H,26,31). The number of benzene rings is 2. The minimum atomic E-state index is -0.231. The van der Waals surface area contributed by atoms with E-state index in [0.29, 0.717) is 28.6 Å². The van der Waals surface area contributed by atoms with E-state index < -0.39 is 0 Å². The molecule has 0 bridgehead atoms. The molecule has 156 valence electrons. The molecule has 3 aromatic heterocycles. The summed E-state index contributed by atoms with van der Waals surface area (Å²) in [6.45, 7) is -0.0616. The van der Waals surface area contributed by atoms with Crippen LogP contribution in [0, 0.1) is 0 Å². The topological polar surface area (TPSA) is 94.3 Å². The van der Waals surface area contributed by atoms with E-state index >= 15 is 0 Å². The van der Waals surface area contributed by atoms with Crippen molar-refractivity contribution in [1.29, 1.82) is 0 Å². The summed E-state index contributed by atoms with van der Waals surface area (Å²) in [5, 5.41) is 15.9. The summed E-state index contributed by atoms with van der Waals surface area (Å²) in [5.74, 6) is 0.994. The van der Waals surface area contributed by atoms with Gasteiger partial charge >= 0.3 is 0 Å². The minimum absolute atomic E-state index is 0.0616. The van der Waals surface area contributed by atoms with Crippen LogP contribution in [0.2, 0.25) is 0 Å². The van der Waals surface area contributed by atoms with E-state index in [0.717, 1.165) is 11.3 Å². The molecule has 3 heterocycles. The van der Waals surface area contributed by atoms with Crippen molar-refractivity contribution in [2.24, 2.45) is 0 Å². The van der Waals surface area contributed by atoms with Crippen LogP contribution in [0.4, 0.5) is 5.69 Å². The number of nitrogens with zero attached hydrogens (tertiary/aromatic N) is 5. The molecular formula is C24H18N6O2. The summed E-state index contributed by atoms with van der Waals surface area (Å²) < 4.78 is 7.15. The molecule has 32 heavy (non-hydrogen) atoms. The van der Waals surface area contributed by atoms with Crippen LogP contribution in [0.1, 0.15) is 0 Å². The highest BCUT2D eigenvalue weighted by atomic mass is 16.5. The first kappa shape index (κ1) is 19.4. The second-order valence-corrected chi connectivity index (χ2v) is 6.95. The molecule has 0 aliphatic carbocycles. The van der Waals surface area contributed by atoms with Crippen molar-refractivity contribution in [3.63, 3.8) is 0 Å². The summed E-state index contributed by atoms with van der Waals surface area (Å²) in [6, 6.07) is 26.0. The van der Waals surface area contributed by atoms with E-state index in [4.69, 9.17) is 4.74 Å². The predicted molar refractivity (Wildman–Crippen MR) is 120 cm³/mol. The van der Waals surface area contributed by atoms with Crippen LogP contribution in [0.25, 0.3) is 28.4 Å². The number of para-hydroxylation sites is 1. The first-order valence-electron chi connectivity index (χ1n) is 9.98. The van der Waals surface area contributed by atoms with Gasteiger partial charge in [0.1, 0.15) is 11.4 Å². The van der Waals surface area contributed by atoms with Crippen molar-refractivity contribution in [3.05, 3.63) is 91.1 Å². The number of anilines is 1. The Labute approximate surface area is 183 Å². The number of amides is 1. The second kappa shape index (κ2) is 8.65. The van der Waals surface area contributed by atoms with Crippen LogP contribution < -0.4 is 10.1 Å². The van der Waals surface area contributed by atoms with E-state index in [2.05, 4.69) is 25.6 Å². The van der Waals surface area contributed by atoms with Crippen LogP contribution in [-0.4, -0.2) is 37.3 Å². The first-order chi connectivity index (χ1) is 15.8. The van der Waals surface area contributed by atoms with Gasteiger partial charge in [-0.2, -0.15) is 9.61 Å². The number of carbonyl (C=O) groups is 1. The molecule has 2 aromatic carbocycles. The van der Waals surface area contributed by atoms with E-state index in [1.165, 1.54) is 0 Å². The Kier molecular flexibility index (Phi) is 5.24. The van der Waals surface area contributed by atoms with Crippen molar-refractivity contribution in [2.45, 2.75) is 0 Å². The van der Waals surface area contributed by atoms with Crippen LogP contribution in [0.15, 0.2) is 91.1 Å². The maximum Gasteiger partial charge on any atom is 0.262 e. The lowest BCUT2D eigenvalue weighted by Gasteiger charge is -2.08.